The Kier molecular flexibility index (Phi) is 4.06. The molecule has 4 heterocycles. The molecule has 0 radical (unpaired) electrons. The lowest BCUT2D eigenvalue weighted by Gasteiger charge is -2.39. The summed E-state index contributed by atoms with van der Waals surface area (Å²) in [6, 6.07) is 3.77. The number of aromatic nitrogens is 2. The van der Waals surface area contributed by atoms with Crippen LogP contribution in [-0.2, 0) is 6.54 Å². The van der Waals surface area contributed by atoms with Crippen molar-refractivity contribution in [2.75, 3.05) is 26.2 Å². The van der Waals surface area contributed by atoms with Crippen molar-refractivity contribution in [3.05, 3.63) is 48.2 Å². The summed E-state index contributed by atoms with van der Waals surface area (Å²) in [6.45, 7) is 4.88. The summed E-state index contributed by atoms with van der Waals surface area (Å²) in [5.41, 5.74) is 2.25. The van der Waals surface area contributed by atoms with Crippen LogP contribution >= 0.6 is 0 Å². The molecule has 2 aromatic heterocycles. The number of rotatable bonds is 3. The summed E-state index contributed by atoms with van der Waals surface area (Å²) >= 11 is 0. The van der Waals surface area contributed by atoms with Gasteiger partial charge < -0.3 is 9.32 Å². The quantitative estimate of drug-likeness (QED) is 0.865. The molecule has 0 N–H and O–H groups in total. The molecule has 126 valence electrons. The third kappa shape index (κ3) is 3.06. The molecule has 0 aromatic carbocycles. The first kappa shape index (κ1) is 15.3. The van der Waals surface area contributed by atoms with E-state index in [1.54, 1.807) is 24.7 Å². The maximum absolute atomic E-state index is 12.5. The Morgan fingerprint density at radius 2 is 2.00 bits per heavy atom. The van der Waals surface area contributed by atoms with Crippen molar-refractivity contribution in [1.82, 2.24) is 20.0 Å². The largest absolute Gasteiger partial charge is 0.472 e. The number of piperidine rings is 1. The van der Waals surface area contributed by atoms with Gasteiger partial charge in [-0.1, -0.05) is 0 Å². The van der Waals surface area contributed by atoms with E-state index in [0.29, 0.717) is 11.0 Å². The SMILES string of the molecule is O=C(c1ccnnc1)N1CCC2(CCN(Cc3ccoc3)C2)CC1. The molecule has 0 bridgehead atoms. The predicted octanol–water partition coefficient (Wildman–Crippen LogP) is 2.20. The molecule has 0 unspecified atom stereocenters. The second-order valence-corrected chi connectivity index (χ2v) is 7.02. The van der Waals surface area contributed by atoms with E-state index in [4.69, 9.17) is 4.42 Å². The normalized spacial score (nSPS) is 20.6. The lowest BCUT2D eigenvalue weighted by atomic mass is 9.77. The molecule has 4 rings (SSSR count). The second-order valence-electron chi connectivity index (χ2n) is 7.02. The lowest BCUT2D eigenvalue weighted by Crippen LogP contribution is -2.44. The molecule has 2 aromatic rings. The smallest absolute Gasteiger partial charge is 0.255 e. The van der Waals surface area contributed by atoms with Gasteiger partial charge in [-0.05, 0) is 43.4 Å². The molecule has 0 saturated carbocycles. The van der Waals surface area contributed by atoms with Crippen LogP contribution in [0.2, 0.25) is 0 Å². The number of amides is 1. The van der Waals surface area contributed by atoms with Crippen LogP contribution < -0.4 is 0 Å². The molecule has 0 aliphatic carbocycles. The Bertz CT molecular complexity index is 678. The minimum Gasteiger partial charge on any atom is -0.472 e. The molecule has 24 heavy (non-hydrogen) atoms. The minimum atomic E-state index is 0.0769. The highest BCUT2D eigenvalue weighted by atomic mass is 16.3. The molecule has 2 fully saturated rings. The highest BCUT2D eigenvalue weighted by Crippen LogP contribution is 2.41. The molecule has 2 saturated heterocycles. The Balaban J connectivity index is 1.34. The van der Waals surface area contributed by atoms with Crippen molar-refractivity contribution >= 4 is 5.91 Å². The van der Waals surface area contributed by atoms with Gasteiger partial charge in [-0.25, -0.2) is 0 Å². The minimum absolute atomic E-state index is 0.0769. The number of furan rings is 1. The van der Waals surface area contributed by atoms with Crippen molar-refractivity contribution < 1.29 is 9.21 Å². The zero-order chi connectivity index (χ0) is 16.4. The molecule has 1 amide bonds. The molecule has 2 aliphatic rings. The zero-order valence-electron chi connectivity index (χ0n) is 13.7. The second kappa shape index (κ2) is 6.36. The Morgan fingerprint density at radius 1 is 1.17 bits per heavy atom. The standard InChI is InChI=1S/C18H22N4O2/c23-17(16-1-6-19-20-11-16)22-8-4-18(5-9-22)3-7-21(14-18)12-15-2-10-24-13-15/h1-2,6,10-11,13H,3-5,7-9,12,14H2. The van der Waals surface area contributed by atoms with Crippen LogP contribution in [0.5, 0.6) is 0 Å². The Morgan fingerprint density at radius 3 is 2.71 bits per heavy atom. The molecule has 0 atom stereocenters. The first-order valence-electron chi connectivity index (χ1n) is 8.54. The van der Waals surface area contributed by atoms with Crippen LogP contribution in [-0.4, -0.2) is 52.1 Å². The first-order chi connectivity index (χ1) is 11.7. The number of carbonyl (C=O) groups is 1. The number of hydrogen-bond donors (Lipinski definition) is 0. The molecule has 6 heteroatoms. The summed E-state index contributed by atoms with van der Waals surface area (Å²) in [5.74, 6) is 0.0769. The van der Waals surface area contributed by atoms with E-state index in [9.17, 15) is 4.79 Å². The van der Waals surface area contributed by atoms with E-state index in [-0.39, 0.29) is 5.91 Å². The lowest BCUT2D eigenvalue weighted by molar-refractivity contribution is 0.0587. The molecule has 1 spiro atoms. The molecular weight excluding hydrogens is 304 g/mol. The van der Waals surface area contributed by atoms with E-state index in [2.05, 4.69) is 15.1 Å². The summed E-state index contributed by atoms with van der Waals surface area (Å²) in [5, 5.41) is 7.54. The van der Waals surface area contributed by atoms with Gasteiger partial charge in [0.2, 0.25) is 0 Å². The maximum atomic E-state index is 12.5. The summed E-state index contributed by atoms with van der Waals surface area (Å²) in [6.07, 6.45) is 10.1. The van der Waals surface area contributed by atoms with Gasteiger partial charge in [-0.2, -0.15) is 10.2 Å². The molecular formula is C18H22N4O2. The topological polar surface area (TPSA) is 62.5 Å². The highest BCUT2D eigenvalue weighted by Gasteiger charge is 2.41. The van der Waals surface area contributed by atoms with Crippen molar-refractivity contribution in [2.24, 2.45) is 5.41 Å². The van der Waals surface area contributed by atoms with Gasteiger partial charge in [0.05, 0.1) is 30.5 Å². The number of hydrogen-bond acceptors (Lipinski definition) is 5. The molecule has 6 nitrogen and oxygen atoms in total. The fourth-order valence-electron chi connectivity index (χ4n) is 4.00. The monoisotopic (exact) mass is 326 g/mol. The summed E-state index contributed by atoms with van der Waals surface area (Å²) in [7, 11) is 0. The van der Waals surface area contributed by atoms with E-state index < -0.39 is 0 Å². The fourth-order valence-corrected chi connectivity index (χ4v) is 4.00. The van der Waals surface area contributed by atoms with Gasteiger partial charge in [0.15, 0.2) is 0 Å². The van der Waals surface area contributed by atoms with Gasteiger partial charge in [0.25, 0.3) is 5.91 Å². The average Bonchev–Trinajstić information content (AvgIpc) is 3.27. The van der Waals surface area contributed by atoms with Crippen LogP contribution in [0.4, 0.5) is 0 Å². The number of likely N-dealkylation sites (tertiary alicyclic amines) is 2. The van der Waals surface area contributed by atoms with E-state index in [1.165, 1.54) is 12.0 Å². The van der Waals surface area contributed by atoms with Crippen LogP contribution in [0.3, 0.4) is 0 Å². The van der Waals surface area contributed by atoms with Crippen LogP contribution in [0.1, 0.15) is 35.2 Å². The molecule has 2 aliphatic heterocycles. The van der Waals surface area contributed by atoms with Gasteiger partial charge in [0, 0.05) is 31.7 Å². The van der Waals surface area contributed by atoms with Crippen molar-refractivity contribution in [3.63, 3.8) is 0 Å². The van der Waals surface area contributed by atoms with E-state index in [1.807, 2.05) is 17.2 Å². The third-order valence-corrected chi connectivity index (χ3v) is 5.45. The Labute approximate surface area is 141 Å². The fraction of sp³-hybridized carbons (Fsp3) is 0.500. The maximum Gasteiger partial charge on any atom is 0.255 e. The van der Waals surface area contributed by atoms with Gasteiger partial charge in [0.1, 0.15) is 0 Å². The average molecular weight is 326 g/mol. The van der Waals surface area contributed by atoms with Gasteiger partial charge >= 0.3 is 0 Å². The predicted molar refractivity (Wildman–Crippen MR) is 88.2 cm³/mol. The number of carbonyl (C=O) groups excluding carboxylic acids is 1. The Hall–Kier alpha value is -2.21. The van der Waals surface area contributed by atoms with E-state index in [0.717, 1.165) is 45.6 Å². The van der Waals surface area contributed by atoms with Crippen LogP contribution in [0, 0.1) is 5.41 Å². The zero-order valence-corrected chi connectivity index (χ0v) is 13.7. The first-order valence-corrected chi connectivity index (χ1v) is 8.54. The summed E-state index contributed by atoms with van der Waals surface area (Å²) in [4.78, 5) is 17.0. The van der Waals surface area contributed by atoms with Gasteiger partial charge in [-0.15, -0.1) is 0 Å². The number of nitrogens with zero attached hydrogens (tertiary/aromatic N) is 4. The summed E-state index contributed by atoms with van der Waals surface area (Å²) < 4.78 is 5.16. The van der Waals surface area contributed by atoms with Crippen molar-refractivity contribution in [1.29, 1.82) is 0 Å². The van der Waals surface area contributed by atoms with Crippen molar-refractivity contribution in [2.45, 2.75) is 25.8 Å². The van der Waals surface area contributed by atoms with Crippen LogP contribution in [0.15, 0.2) is 41.5 Å². The third-order valence-electron chi connectivity index (χ3n) is 5.45. The van der Waals surface area contributed by atoms with Crippen LogP contribution in [0.25, 0.3) is 0 Å². The van der Waals surface area contributed by atoms with Crippen molar-refractivity contribution in [3.8, 4) is 0 Å². The van der Waals surface area contributed by atoms with Gasteiger partial charge in [-0.3, -0.25) is 9.69 Å². The van der Waals surface area contributed by atoms with E-state index >= 15 is 0 Å². The highest BCUT2D eigenvalue weighted by molar-refractivity contribution is 5.93.